The molecule has 0 aliphatic heterocycles. The van der Waals surface area contributed by atoms with Crippen molar-refractivity contribution in [3.05, 3.63) is 0 Å². The molecule has 0 aromatic heterocycles. The van der Waals surface area contributed by atoms with Gasteiger partial charge < -0.3 is 5.32 Å². The summed E-state index contributed by atoms with van der Waals surface area (Å²) in [6.07, 6.45) is 4.79. The number of nitrogens with one attached hydrogen (secondary N) is 1. The zero-order chi connectivity index (χ0) is 12.4. The van der Waals surface area contributed by atoms with E-state index in [9.17, 15) is 16.8 Å². The lowest BCUT2D eigenvalue weighted by Gasteiger charge is -2.19. The third-order valence-corrected chi connectivity index (χ3v) is 5.49. The number of rotatable bonds is 5. The molecule has 0 spiro atoms. The molecule has 1 saturated carbocycles. The van der Waals surface area contributed by atoms with Crippen molar-refractivity contribution in [2.75, 3.05) is 24.8 Å². The van der Waals surface area contributed by atoms with Gasteiger partial charge in [0.2, 0.25) is 0 Å². The Balaban J connectivity index is 2.49. The van der Waals surface area contributed by atoms with E-state index in [2.05, 4.69) is 5.32 Å². The van der Waals surface area contributed by atoms with Crippen LogP contribution in [0.5, 0.6) is 0 Å². The predicted octanol–water partition coefficient (Wildman–Crippen LogP) is -0.414. The molecule has 2 atom stereocenters. The van der Waals surface area contributed by atoms with E-state index >= 15 is 0 Å². The standard InChI is InChI=1S/C9H19NO4S2/c1-15(11,12)7-6-10-8-4-3-5-9(8)16(2,13)14/h8-10H,3-7H2,1-2H3. The van der Waals surface area contributed by atoms with Gasteiger partial charge in [0.15, 0.2) is 9.84 Å². The van der Waals surface area contributed by atoms with Crippen LogP contribution in [0.1, 0.15) is 19.3 Å². The van der Waals surface area contributed by atoms with Gasteiger partial charge in [-0.3, -0.25) is 0 Å². The van der Waals surface area contributed by atoms with Gasteiger partial charge in [-0.25, -0.2) is 16.8 Å². The van der Waals surface area contributed by atoms with Crippen molar-refractivity contribution in [3.63, 3.8) is 0 Å². The lowest BCUT2D eigenvalue weighted by atomic mass is 10.2. The van der Waals surface area contributed by atoms with E-state index in [1.807, 2.05) is 0 Å². The molecule has 0 saturated heterocycles. The Morgan fingerprint density at radius 1 is 1.12 bits per heavy atom. The van der Waals surface area contributed by atoms with Crippen molar-refractivity contribution < 1.29 is 16.8 Å². The molecule has 1 aliphatic carbocycles. The average Bonchev–Trinajstić information content (AvgIpc) is 2.48. The van der Waals surface area contributed by atoms with Crippen LogP contribution in [0.2, 0.25) is 0 Å². The Labute approximate surface area is 97.5 Å². The minimum Gasteiger partial charge on any atom is -0.312 e. The summed E-state index contributed by atoms with van der Waals surface area (Å²) in [5, 5.41) is 2.68. The minimum absolute atomic E-state index is 0.0555. The smallest absolute Gasteiger partial charge is 0.151 e. The van der Waals surface area contributed by atoms with E-state index in [4.69, 9.17) is 0 Å². The summed E-state index contributed by atoms with van der Waals surface area (Å²) < 4.78 is 44.7. The maximum absolute atomic E-state index is 11.4. The molecule has 2 unspecified atom stereocenters. The summed E-state index contributed by atoms with van der Waals surface area (Å²) in [7, 11) is -6.01. The Morgan fingerprint density at radius 3 is 2.25 bits per heavy atom. The molecule has 1 fully saturated rings. The van der Waals surface area contributed by atoms with Crippen molar-refractivity contribution in [3.8, 4) is 0 Å². The van der Waals surface area contributed by atoms with Gasteiger partial charge in [0.1, 0.15) is 9.84 Å². The summed E-state index contributed by atoms with van der Waals surface area (Å²) in [4.78, 5) is 0. The van der Waals surface area contributed by atoms with Gasteiger partial charge in [0.05, 0.1) is 11.0 Å². The van der Waals surface area contributed by atoms with Crippen LogP contribution in [0.15, 0.2) is 0 Å². The van der Waals surface area contributed by atoms with Crippen LogP contribution < -0.4 is 5.32 Å². The third kappa shape index (κ3) is 4.39. The summed E-state index contributed by atoms with van der Waals surface area (Å²) in [6.45, 7) is 0.329. The fourth-order valence-electron chi connectivity index (χ4n) is 2.10. The molecule has 96 valence electrons. The Bertz CT molecular complexity index is 426. The highest BCUT2D eigenvalue weighted by Crippen LogP contribution is 2.24. The van der Waals surface area contributed by atoms with Crippen molar-refractivity contribution >= 4 is 19.7 Å². The van der Waals surface area contributed by atoms with E-state index < -0.39 is 19.7 Å². The third-order valence-electron chi connectivity index (χ3n) is 2.88. The summed E-state index contributed by atoms with van der Waals surface area (Å²) in [5.74, 6) is 0.0555. The highest BCUT2D eigenvalue weighted by molar-refractivity contribution is 7.91. The largest absolute Gasteiger partial charge is 0.312 e. The number of sulfone groups is 2. The van der Waals surface area contributed by atoms with E-state index in [-0.39, 0.29) is 17.0 Å². The first-order valence-electron chi connectivity index (χ1n) is 5.30. The van der Waals surface area contributed by atoms with Crippen molar-refractivity contribution in [2.24, 2.45) is 0 Å². The second-order valence-corrected chi connectivity index (χ2v) is 9.01. The van der Waals surface area contributed by atoms with Crippen LogP contribution in [0, 0.1) is 0 Å². The zero-order valence-electron chi connectivity index (χ0n) is 9.64. The summed E-state index contributed by atoms with van der Waals surface area (Å²) in [5.41, 5.74) is 0. The molecule has 7 heteroatoms. The highest BCUT2D eigenvalue weighted by Gasteiger charge is 2.34. The molecular weight excluding hydrogens is 250 g/mol. The van der Waals surface area contributed by atoms with Crippen molar-refractivity contribution in [2.45, 2.75) is 30.6 Å². The van der Waals surface area contributed by atoms with Crippen LogP contribution in [0.3, 0.4) is 0 Å². The normalized spacial score (nSPS) is 27.1. The van der Waals surface area contributed by atoms with Gasteiger partial charge in [-0.1, -0.05) is 6.42 Å². The maximum Gasteiger partial charge on any atom is 0.151 e. The lowest BCUT2D eigenvalue weighted by molar-refractivity contribution is 0.518. The molecule has 16 heavy (non-hydrogen) atoms. The van der Waals surface area contributed by atoms with E-state index in [1.54, 1.807) is 0 Å². The molecule has 1 aliphatic rings. The molecule has 0 radical (unpaired) electrons. The fourth-order valence-corrected chi connectivity index (χ4v) is 4.01. The summed E-state index contributed by atoms with van der Waals surface area (Å²) >= 11 is 0. The van der Waals surface area contributed by atoms with E-state index in [1.165, 1.54) is 12.5 Å². The van der Waals surface area contributed by atoms with Crippen LogP contribution in [-0.2, 0) is 19.7 Å². The lowest BCUT2D eigenvalue weighted by Crippen LogP contribution is -2.41. The maximum atomic E-state index is 11.4. The quantitative estimate of drug-likeness (QED) is 0.733. The molecule has 1 rings (SSSR count). The molecule has 0 aromatic carbocycles. The first kappa shape index (κ1) is 13.9. The Hall–Kier alpha value is -0.140. The SMILES string of the molecule is CS(=O)(=O)CCNC1CCCC1S(C)(=O)=O. The van der Waals surface area contributed by atoms with Crippen molar-refractivity contribution in [1.82, 2.24) is 5.32 Å². The first-order valence-corrected chi connectivity index (χ1v) is 9.31. The monoisotopic (exact) mass is 269 g/mol. The molecule has 0 heterocycles. The van der Waals surface area contributed by atoms with Crippen LogP contribution >= 0.6 is 0 Å². The number of hydrogen-bond donors (Lipinski definition) is 1. The van der Waals surface area contributed by atoms with Gasteiger partial charge in [-0.15, -0.1) is 0 Å². The Morgan fingerprint density at radius 2 is 1.75 bits per heavy atom. The molecule has 0 bridgehead atoms. The van der Waals surface area contributed by atoms with Gasteiger partial charge in [-0.2, -0.15) is 0 Å². The van der Waals surface area contributed by atoms with Crippen LogP contribution in [0.4, 0.5) is 0 Å². The zero-order valence-corrected chi connectivity index (χ0v) is 11.3. The van der Waals surface area contributed by atoms with Gasteiger partial charge in [0.25, 0.3) is 0 Å². The fraction of sp³-hybridized carbons (Fsp3) is 1.00. The first-order chi connectivity index (χ1) is 7.20. The molecular formula is C9H19NO4S2. The molecule has 0 amide bonds. The van der Waals surface area contributed by atoms with E-state index in [0.29, 0.717) is 13.0 Å². The van der Waals surface area contributed by atoms with Gasteiger partial charge >= 0.3 is 0 Å². The molecule has 0 aromatic rings. The molecule has 5 nitrogen and oxygen atoms in total. The summed E-state index contributed by atoms with van der Waals surface area (Å²) in [6, 6.07) is -0.0863. The predicted molar refractivity (Wildman–Crippen MR) is 64.0 cm³/mol. The topological polar surface area (TPSA) is 80.3 Å². The highest BCUT2D eigenvalue weighted by atomic mass is 32.2. The average molecular weight is 269 g/mol. The van der Waals surface area contributed by atoms with Crippen molar-refractivity contribution in [1.29, 1.82) is 0 Å². The Kier molecular flexibility index (Phi) is 4.36. The minimum atomic E-state index is -3.03. The number of hydrogen-bond acceptors (Lipinski definition) is 5. The second-order valence-electron chi connectivity index (χ2n) is 4.49. The van der Waals surface area contributed by atoms with Gasteiger partial charge in [0, 0.05) is 25.1 Å². The van der Waals surface area contributed by atoms with Crippen LogP contribution in [0.25, 0.3) is 0 Å². The van der Waals surface area contributed by atoms with Gasteiger partial charge in [-0.05, 0) is 12.8 Å². The second kappa shape index (κ2) is 5.01. The van der Waals surface area contributed by atoms with E-state index in [0.717, 1.165) is 12.8 Å². The molecule has 1 N–H and O–H groups in total. The van der Waals surface area contributed by atoms with Crippen LogP contribution in [-0.4, -0.2) is 52.9 Å².